The third-order valence-corrected chi connectivity index (χ3v) is 7.95. The van der Waals surface area contributed by atoms with Gasteiger partial charge in [-0.2, -0.15) is 0 Å². The predicted molar refractivity (Wildman–Crippen MR) is 153 cm³/mol. The third-order valence-electron chi connectivity index (χ3n) is 7.95. The summed E-state index contributed by atoms with van der Waals surface area (Å²) in [6.45, 7) is 3.19. The van der Waals surface area contributed by atoms with E-state index in [1.807, 2.05) is 48.0 Å². The molecule has 6 rings (SSSR count). The number of tetrazole rings is 1. The largest absolute Gasteiger partial charge is 0.322 e. The van der Waals surface area contributed by atoms with Gasteiger partial charge in [0.1, 0.15) is 11.9 Å². The van der Waals surface area contributed by atoms with E-state index in [-0.39, 0.29) is 17.4 Å². The van der Waals surface area contributed by atoms with Crippen LogP contribution in [0.2, 0.25) is 0 Å². The Morgan fingerprint density at radius 1 is 1.00 bits per heavy atom. The minimum absolute atomic E-state index is 0.161. The van der Waals surface area contributed by atoms with Gasteiger partial charge < -0.3 is 4.98 Å². The first-order valence-electron chi connectivity index (χ1n) is 14.0. The van der Waals surface area contributed by atoms with E-state index in [0.717, 1.165) is 54.1 Å². The molecule has 2 aromatic heterocycles. The fourth-order valence-electron chi connectivity index (χ4n) is 5.88. The lowest BCUT2D eigenvalue weighted by Gasteiger charge is -2.32. The first-order valence-corrected chi connectivity index (χ1v) is 14.0. The summed E-state index contributed by atoms with van der Waals surface area (Å²) < 4.78 is 15.8. The van der Waals surface area contributed by atoms with Gasteiger partial charge in [0.25, 0.3) is 5.56 Å². The van der Waals surface area contributed by atoms with Crippen molar-refractivity contribution in [1.82, 2.24) is 30.1 Å². The van der Waals surface area contributed by atoms with E-state index < -0.39 is 6.04 Å². The van der Waals surface area contributed by atoms with Crippen molar-refractivity contribution in [2.75, 3.05) is 6.54 Å². The van der Waals surface area contributed by atoms with Crippen LogP contribution in [0.3, 0.4) is 0 Å². The van der Waals surface area contributed by atoms with Gasteiger partial charge in [0.2, 0.25) is 0 Å². The fraction of sp³-hybridized carbons (Fsp3) is 0.312. The average Bonchev–Trinajstić information content (AvgIpc) is 3.67. The van der Waals surface area contributed by atoms with Crippen LogP contribution in [0.15, 0.2) is 83.7 Å². The van der Waals surface area contributed by atoms with Gasteiger partial charge in [-0.3, -0.25) is 9.69 Å². The van der Waals surface area contributed by atoms with Crippen molar-refractivity contribution >= 4 is 10.9 Å². The summed E-state index contributed by atoms with van der Waals surface area (Å²) in [5.74, 6) is 0.391. The van der Waals surface area contributed by atoms with Crippen molar-refractivity contribution < 1.29 is 4.39 Å². The number of benzene rings is 3. The Hall–Kier alpha value is -4.17. The van der Waals surface area contributed by atoms with Crippen LogP contribution < -0.4 is 5.56 Å². The molecule has 1 aliphatic carbocycles. The topological polar surface area (TPSA) is 79.7 Å². The summed E-state index contributed by atoms with van der Waals surface area (Å²) in [6, 6.07) is 24.6. The molecule has 0 saturated heterocycles. The molecule has 1 unspecified atom stereocenters. The number of pyridine rings is 1. The highest BCUT2D eigenvalue weighted by Crippen LogP contribution is 2.34. The normalized spacial score (nSPS) is 14.8. The summed E-state index contributed by atoms with van der Waals surface area (Å²) in [5.41, 5.74) is 4.50. The SMILES string of the molecule is Cc1ccc2[nH]c(=O)c(C(c3nnnn3C3CCCC3)N(CCc3ccccc3)Cc3ccc(F)cc3)cc2c1. The Kier molecular flexibility index (Phi) is 7.51. The molecule has 1 aliphatic rings. The Balaban J connectivity index is 1.49. The molecule has 0 bridgehead atoms. The molecule has 204 valence electrons. The van der Waals surface area contributed by atoms with Gasteiger partial charge in [-0.1, -0.05) is 66.9 Å². The Bertz CT molecular complexity index is 1640. The molecular weight excluding hydrogens is 503 g/mol. The molecule has 0 spiro atoms. The number of nitrogens with one attached hydrogen (secondary N) is 1. The number of hydrogen-bond donors (Lipinski definition) is 1. The average molecular weight is 537 g/mol. The van der Waals surface area contributed by atoms with Gasteiger partial charge in [0.05, 0.1) is 6.04 Å². The lowest BCUT2D eigenvalue weighted by atomic mass is 10.0. The number of aromatic nitrogens is 5. The summed E-state index contributed by atoms with van der Waals surface area (Å²) in [7, 11) is 0. The van der Waals surface area contributed by atoms with Crippen LogP contribution in [0.5, 0.6) is 0 Å². The number of aromatic amines is 1. The molecule has 5 aromatic rings. The molecule has 1 atom stereocenters. The first-order chi connectivity index (χ1) is 19.5. The lowest BCUT2D eigenvalue weighted by Crippen LogP contribution is -2.36. The summed E-state index contributed by atoms with van der Waals surface area (Å²) in [5, 5.41) is 14.1. The van der Waals surface area contributed by atoms with E-state index in [1.54, 1.807) is 12.1 Å². The van der Waals surface area contributed by atoms with Crippen LogP contribution in [0.25, 0.3) is 10.9 Å². The Labute approximate surface area is 232 Å². The number of rotatable bonds is 9. The second-order valence-electron chi connectivity index (χ2n) is 10.8. The molecule has 1 N–H and O–H groups in total. The Morgan fingerprint density at radius 2 is 1.77 bits per heavy atom. The van der Waals surface area contributed by atoms with Crippen LogP contribution in [0, 0.1) is 12.7 Å². The van der Waals surface area contributed by atoms with Crippen LogP contribution in [0.1, 0.15) is 65.8 Å². The molecule has 40 heavy (non-hydrogen) atoms. The van der Waals surface area contributed by atoms with E-state index in [2.05, 4.69) is 43.6 Å². The standard InChI is InChI=1S/C32H33FN6O/c1-22-11-16-29-25(19-22)20-28(32(40)34-29)30(31-35-36-37-39(31)27-9-5-6-10-27)38(18-17-23-7-3-2-4-8-23)21-24-12-14-26(33)15-13-24/h2-4,7-8,11-16,19-20,27,30H,5-6,9-10,17-18,21H2,1H3,(H,34,40). The maximum atomic E-state index is 13.8. The molecule has 1 fully saturated rings. The molecule has 0 aliphatic heterocycles. The highest BCUT2D eigenvalue weighted by atomic mass is 19.1. The number of aryl methyl sites for hydroxylation is 1. The zero-order valence-electron chi connectivity index (χ0n) is 22.6. The van der Waals surface area contributed by atoms with E-state index in [4.69, 9.17) is 0 Å². The van der Waals surface area contributed by atoms with Crippen LogP contribution >= 0.6 is 0 Å². The van der Waals surface area contributed by atoms with Crippen LogP contribution in [0.4, 0.5) is 4.39 Å². The number of halogens is 1. The maximum Gasteiger partial charge on any atom is 0.253 e. The second kappa shape index (κ2) is 11.5. The molecular formula is C32H33FN6O. The van der Waals surface area contributed by atoms with Gasteiger partial charge in [-0.15, -0.1) is 5.10 Å². The molecule has 7 nitrogen and oxygen atoms in total. The van der Waals surface area contributed by atoms with Gasteiger partial charge in [0, 0.05) is 24.2 Å². The van der Waals surface area contributed by atoms with Crippen molar-refractivity contribution in [2.24, 2.45) is 0 Å². The molecule has 0 amide bonds. The first kappa shape index (κ1) is 26.1. The van der Waals surface area contributed by atoms with E-state index >= 15 is 0 Å². The number of fused-ring (bicyclic) bond motifs is 1. The highest BCUT2D eigenvalue weighted by Gasteiger charge is 2.33. The van der Waals surface area contributed by atoms with E-state index in [1.165, 1.54) is 17.7 Å². The Morgan fingerprint density at radius 3 is 2.55 bits per heavy atom. The summed E-state index contributed by atoms with van der Waals surface area (Å²) in [4.78, 5) is 19.1. The second-order valence-corrected chi connectivity index (χ2v) is 10.8. The zero-order valence-corrected chi connectivity index (χ0v) is 22.6. The molecule has 1 saturated carbocycles. The predicted octanol–water partition coefficient (Wildman–Crippen LogP) is 5.91. The van der Waals surface area contributed by atoms with Gasteiger partial charge >= 0.3 is 0 Å². The smallest absolute Gasteiger partial charge is 0.253 e. The van der Waals surface area contributed by atoms with Gasteiger partial charge in [-0.05, 0) is 83.5 Å². The van der Waals surface area contributed by atoms with Crippen molar-refractivity contribution in [2.45, 2.75) is 57.7 Å². The molecule has 8 heteroatoms. The van der Waals surface area contributed by atoms with Crippen molar-refractivity contribution in [1.29, 1.82) is 0 Å². The van der Waals surface area contributed by atoms with E-state index in [0.29, 0.717) is 24.5 Å². The minimum atomic E-state index is -0.502. The maximum absolute atomic E-state index is 13.8. The lowest BCUT2D eigenvalue weighted by molar-refractivity contribution is 0.201. The van der Waals surface area contributed by atoms with Gasteiger partial charge in [0.15, 0.2) is 5.82 Å². The van der Waals surface area contributed by atoms with Crippen molar-refractivity contribution in [3.05, 3.63) is 123 Å². The van der Waals surface area contributed by atoms with E-state index in [9.17, 15) is 9.18 Å². The van der Waals surface area contributed by atoms with Crippen LogP contribution in [-0.4, -0.2) is 36.6 Å². The fourth-order valence-corrected chi connectivity index (χ4v) is 5.88. The molecule has 0 radical (unpaired) electrons. The molecule has 3 aromatic carbocycles. The van der Waals surface area contributed by atoms with Crippen molar-refractivity contribution in [3.8, 4) is 0 Å². The summed E-state index contributed by atoms with van der Waals surface area (Å²) in [6.07, 6.45) is 5.07. The highest BCUT2D eigenvalue weighted by molar-refractivity contribution is 5.79. The molecule has 2 heterocycles. The number of hydrogen-bond acceptors (Lipinski definition) is 5. The van der Waals surface area contributed by atoms with Crippen LogP contribution in [-0.2, 0) is 13.0 Å². The monoisotopic (exact) mass is 536 g/mol. The summed E-state index contributed by atoms with van der Waals surface area (Å²) >= 11 is 0. The number of nitrogens with zero attached hydrogens (tertiary/aromatic N) is 5. The van der Waals surface area contributed by atoms with Gasteiger partial charge in [-0.25, -0.2) is 9.07 Å². The third kappa shape index (κ3) is 5.58. The number of H-pyrrole nitrogens is 1. The minimum Gasteiger partial charge on any atom is -0.322 e. The zero-order chi connectivity index (χ0) is 27.5. The van der Waals surface area contributed by atoms with Crippen molar-refractivity contribution in [3.63, 3.8) is 0 Å². The quantitative estimate of drug-likeness (QED) is 0.253.